The molecule has 170 valence electrons. The fourth-order valence-corrected chi connectivity index (χ4v) is 5.48. The van der Waals surface area contributed by atoms with Crippen LogP contribution in [0.3, 0.4) is 0 Å². The van der Waals surface area contributed by atoms with Gasteiger partial charge in [-0.1, -0.05) is 12.1 Å². The number of phenols is 1. The number of aromatic hydroxyl groups is 1. The van der Waals surface area contributed by atoms with Gasteiger partial charge in [-0.15, -0.1) is 10.2 Å². The van der Waals surface area contributed by atoms with Crippen LogP contribution in [-0.4, -0.2) is 75.5 Å². The fraction of sp³-hybridized carbons (Fsp3) is 0.417. The van der Waals surface area contributed by atoms with Crippen molar-refractivity contribution >= 4 is 17.5 Å². The molecule has 3 aliphatic heterocycles. The SMILES string of the molecule is CN1CC(c2cnc(N3C4CCC3CN(c3cc(-c5ccccc5O)nnc3N)C4)nc2)C1. The Hall–Kier alpha value is -3.46. The third kappa shape index (κ3) is 3.52. The van der Waals surface area contributed by atoms with E-state index in [2.05, 4.69) is 31.9 Å². The molecular weight excluding hydrogens is 416 g/mol. The second-order valence-electron chi connectivity index (χ2n) is 9.45. The standard InChI is InChI=1S/C24H28N8O/c1-30-11-16(12-30)15-9-26-24(27-10-15)32-17-6-7-18(32)14-31(13-17)21-8-20(28-29-23(21)25)19-4-2-3-5-22(19)33/h2-5,8-10,16-18,33H,6-7,11-14H2,1H3,(H2,25,29). The van der Waals surface area contributed by atoms with Gasteiger partial charge in [-0.2, -0.15) is 0 Å². The van der Waals surface area contributed by atoms with Crippen molar-refractivity contribution in [2.24, 2.45) is 0 Å². The Balaban J connectivity index is 1.23. The topological polar surface area (TPSA) is 108 Å². The van der Waals surface area contributed by atoms with Gasteiger partial charge >= 0.3 is 0 Å². The van der Waals surface area contributed by atoms with Crippen molar-refractivity contribution in [2.75, 3.05) is 48.8 Å². The van der Waals surface area contributed by atoms with E-state index in [1.54, 1.807) is 12.1 Å². The lowest BCUT2D eigenvalue weighted by Gasteiger charge is -2.42. The number of hydrogen-bond donors (Lipinski definition) is 2. The minimum absolute atomic E-state index is 0.182. The first-order valence-electron chi connectivity index (χ1n) is 11.5. The van der Waals surface area contributed by atoms with Gasteiger partial charge in [0, 0.05) is 62.1 Å². The highest BCUT2D eigenvalue weighted by molar-refractivity contribution is 5.74. The Labute approximate surface area is 192 Å². The van der Waals surface area contributed by atoms with Gasteiger partial charge in [0.2, 0.25) is 5.95 Å². The number of aromatic nitrogens is 4. The first kappa shape index (κ1) is 20.2. The lowest BCUT2D eigenvalue weighted by molar-refractivity contribution is 0.189. The first-order valence-corrected chi connectivity index (χ1v) is 11.5. The average molecular weight is 445 g/mol. The summed E-state index contributed by atoms with van der Waals surface area (Å²) in [5.41, 5.74) is 9.61. The number of likely N-dealkylation sites (tertiary alicyclic amines) is 1. The maximum Gasteiger partial charge on any atom is 0.225 e. The molecule has 0 aliphatic carbocycles. The smallest absolute Gasteiger partial charge is 0.225 e. The summed E-state index contributed by atoms with van der Waals surface area (Å²) in [6.45, 7) is 3.81. The number of nitrogens with two attached hydrogens (primary N) is 1. The molecule has 2 unspecified atom stereocenters. The van der Waals surface area contributed by atoms with Crippen molar-refractivity contribution in [3.63, 3.8) is 0 Å². The first-order chi connectivity index (χ1) is 16.1. The third-order valence-corrected chi connectivity index (χ3v) is 7.23. The second kappa shape index (κ2) is 7.84. The zero-order chi connectivity index (χ0) is 22.5. The Kier molecular flexibility index (Phi) is 4.79. The molecule has 9 heteroatoms. The maximum absolute atomic E-state index is 10.2. The molecule has 3 N–H and O–H groups in total. The van der Waals surface area contributed by atoms with Crippen LogP contribution >= 0.6 is 0 Å². The fourth-order valence-electron chi connectivity index (χ4n) is 5.48. The van der Waals surface area contributed by atoms with Gasteiger partial charge in [0.15, 0.2) is 5.82 Å². The van der Waals surface area contributed by atoms with Crippen molar-refractivity contribution in [1.82, 2.24) is 25.1 Å². The van der Waals surface area contributed by atoms with E-state index < -0.39 is 0 Å². The highest BCUT2D eigenvalue weighted by Gasteiger charge is 2.42. The molecule has 0 amide bonds. The molecule has 33 heavy (non-hydrogen) atoms. The van der Waals surface area contributed by atoms with Gasteiger partial charge < -0.3 is 25.5 Å². The minimum atomic E-state index is 0.182. The van der Waals surface area contributed by atoms with Gasteiger partial charge in [-0.25, -0.2) is 9.97 Å². The van der Waals surface area contributed by atoms with Crippen LogP contribution in [0.4, 0.5) is 17.5 Å². The number of hydrogen-bond acceptors (Lipinski definition) is 9. The van der Waals surface area contributed by atoms with E-state index in [0.717, 1.165) is 50.7 Å². The molecule has 0 saturated carbocycles. The van der Waals surface area contributed by atoms with Crippen LogP contribution in [0.5, 0.6) is 5.75 Å². The minimum Gasteiger partial charge on any atom is -0.507 e. The van der Waals surface area contributed by atoms with Crippen molar-refractivity contribution in [1.29, 1.82) is 0 Å². The molecular formula is C24H28N8O. The number of nitrogens with zero attached hydrogens (tertiary/aromatic N) is 7. The lowest BCUT2D eigenvalue weighted by Crippen LogP contribution is -2.54. The predicted octanol–water partition coefficient (Wildman–Crippen LogP) is 2.11. The summed E-state index contributed by atoms with van der Waals surface area (Å²) in [7, 11) is 2.14. The number of likely N-dealkylation sites (N-methyl/N-ethyl adjacent to an activating group) is 1. The van der Waals surface area contributed by atoms with Crippen LogP contribution in [0.15, 0.2) is 42.7 Å². The van der Waals surface area contributed by atoms with E-state index in [0.29, 0.717) is 35.1 Å². The molecule has 3 aromatic rings. The molecule has 3 aliphatic rings. The van der Waals surface area contributed by atoms with Gasteiger partial charge in [0.25, 0.3) is 0 Å². The third-order valence-electron chi connectivity index (χ3n) is 7.23. The summed E-state index contributed by atoms with van der Waals surface area (Å²) in [5, 5.41) is 18.7. The molecule has 6 rings (SSSR count). The van der Waals surface area contributed by atoms with Crippen molar-refractivity contribution in [3.05, 3.63) is 48.3 Å². The lowest BCUT2D eigenvalue weighted by atomic mass is 9.95. The van der Waals surface area contributed by atoms with Crippen LogP contribution in [0, 0.1) is 0 Å². The summed E-state index contributed by atoms with van der Waals surface area (Å²) >= 11 is 0. The number of anilines is 3. The van der Waals surface area contributed by atoms with Crippen LogP contribution in [0.25, 0.3) is 11.3 Å². The van der Waals surface area contributed by atoms with Gasteiger partial charge in [0.1, 0.15) is 5.75 Å². The van der Waals surface area contributed by atoms with Crippen molar-refractivity contribution in [2.45, 2.75) is 30.8 Å². The molecule has 2 atom stereocenters. The average Bonchev–Trinajstić information content (AvgIpc) is 3.07. The van der Waals surface area contributed by atoms with E-state index in [1.807, 2.05) is 30.6 Å². The summed E-state index contributed by atoms with van der Waals surface area (Å²) in [4.78, 5) is 16.5. The molecule has 1 aromatic carbocycles. The van der Waals surface area contributed by atoms with Crippen molar-refractivity contribution in [3.8, 4) is 17.0 Å². The zero-order valence-electron chi connectivity index (χ0n) is 18.7. The second-order valence-corrected chi connectivity index (χ2v) is 9.45. The van der Waals surface area contributed by atoms with Crippen LogP contribution < -0.4 is 15.5 Å². The molecule has 5 heterocycles. The number of para-hydroxylation sites is 1. The molecule has 3 fully saturated rings. The molecule has 0 radical (unpaired) electrons. The highest BCUT2D eigenvalue weighted by Crippen LogP contribution is 2.38. The van der Waals surface area contributed by atoms with Crippen LogP contribution in [0.2, 0.25) is 0 Å². The Bertz CT molecular complexity index is 1150. The van der Waals surface area contributed by atoms with Crippen LogP contribution in [0.1, 0.15) is 24.3 Å². The van der Waals surface area contributed by atoms with E-state index in [1.165, 1.54) is 5.56 Å². The Morgan fingerprint density at radius 1 is 0.970 bits per heavy atom. The number of phenolic OH excluding ortho intramolecular Hbond substituents is 1. The zero-order valence-corrected chi connectivity index (χ0v) is 18.7. The monoisotopic (exact) mass is 444 g/mol. The number of nitrogen functional groups attached to an aromatic ring is 1. The summed E-state index contributed by atoms with van der Waals surface area (Å²) in [6, 6.07) is 9.74. The van der Waals surface area contributed by atoms with Gasteiger partial charge in [-0.05, 0) is 43.7 Å². The largest absolute Gasteiger partial charge is 0.507 e. The van der Waals surface area contributed by atoms with E-state index in [9.17, 15) is 5.11 Å². The van der Waals surface area contributed by atoms with Crippen LogP contribution in [-0.2, 0) is 0 Å². The predicted molar refractivity (Wildman–Crippen MR) is 127 cm³/mol. The summed E-state index contributed by atoms with van der Waals surface area (Å²) in [5.74, 6) is 1.97. The molecule has 3 saturated heterocycles. The number of fused-ring (bicyclic) bond motifs is 2. The quantitative estimate of drug-likeness (QED) is 0.625. The van der Waals surface area contributed by atoms with Crippen molar-refractivity contribution < 1.29 is 5.11 Å². The van der Waals surface area contributed by atoms with Gasteiger partial charge in [0.05, 0.1) is 11.4 Å². The number of benzene rings is 1. The number of piperazine rings is 1. The Morgan fingerprint density at radius 2 is 1.67 bits per heavy atom. The van der Waals surface area contributed by atoms with E-state index in [4.69, 9.17) is 15.7 Å². The normalized spacial score (nSPS) is 23.1. The van der Waals surface area contributed by atoms with Gasteiger partial charge in [-0.3, -0.25) is 0 Å². The maximum atomic E-state index is 10.2. The molecule has 0 spiro atoms. The number of rotatable bonds is 4. The Morgan fingerprint density at radius 3 is 2.33 bits per heavy atom. The molecule has 9 nitrogen and oxygen atoms in total. The highest BCUT2D eigenvalue weighted by atomic mass is 16.3. The molecule has 2 aromatic heterocycles. The summed E-state index contributed by atoms with van der Waals surface area (Å²) < 4.78 is 0. The summed E-state index contributed by atoms with van der Waals surface area (Å²) in [6.07, 6.45) is 6.22. The molecule has 2 bridgehead atoms. The van der Waals surface area contributed by atoms with E-state index >= 15 is 0 Å². The van der Waals surface area contributed by atoms with E-state index in [-0.39, 0.29) is 5.75 Å².